The predicted molar refractivity (Wildman–Crippen MR) is 113 cm³/mol. The lowest BCUT2D eigenvalue weighted by Crippen LogP contribution is -2.49. The molecule has 5 nitrogen and oxygen atoms in total. The van der Waals surface area contributed by atoms with Gasteiger partial charge in [-0.15, -0.1) is 0 Å². The Morgan fingerprint density at radius 3 is 2.36 bits per heavy atom. The molecular formula is C23H31N3O2. The minimum absolute atomic E-state index is 0.122. The predicted octanol–water partition coefficient (Wildman–Crippen LogP) is 2.48. The summed E-state index contributed by atoms with van der Waals surface area (Å²) < 4.78 is 5.21. The van der Waals surface area contributed by atoms with Crippen LogP contribution in [0.2, 0.25) is 0 Å². The molecule has 1 aliphatic heterocycles. The summed E-state index contributed by atoms with van der Waals surface area (Å²) in [5.74, 6) is 1.01. The number of ether oxygens (including phenoxy) is 1. The molecule has 1 fully saturated rings. The number of carbonyl (C=O) groups is 1. The third kappa shape index (κ3) is 6.08. The van der Waals surface area contributed by atoms with Crippen LogP contribution in [-0.4, -0.2) is 62.1 Å². The molecule has 150 valence electrons. The Bertz CT molecular complexity index is 753. The van der Waals surface area contributed by atoms with Crippen LogP contribution in [0.5, 0.6) is 5.75 Å². The number of hydrogen-bond donors (Lipinski definition) is 1. The Balaban J connectivity index is 1.34. The first-order valence-corrected chi connectivity index (χ1v) is 10.0. The van der Waals surface area contributed by atoms with E-state index in [4.69, 9.17) is 4.74 Å². The molecule has 0 unspecified atom stereocenters. The van der Waals surface area contributed by atoms with Gasteiger partial charge in [0.25, 0.3) is 0 Å². The number of piperazine rings is 1. The third-order valence-electron chi connectivity index (χ3n) is 5.38. The van der Waals surface area contributed by atoms with Crippen LogP contribution in [0.4, 0.5) is 0 Å². The molecular weight excluding hydrogens is 350 g/mol. The molecule has 28 heavy (non-hydrogen) atoms. The van der Waals surface area contributed by atoms with Crippen LogP contribution in [-0.2, 0) is 17.8 Å². The van der Waals surface area contributed by atoms with Gasteiger partial charge in [0.15, 0.2) is 0 Å². The molecule has 2 aromatic rings. The molecule has 0 aliphatic carbocycles. The first-order chi connectivity index (χ1) is 13.6. The van der Waals surface area contributed by atoms with Crippen LogP contribution in [0.15, 0.2) is 48.5 Å². The fraction of sp³-hybridized carbons (Fsp3) is 0.435. The van der Waals surface area contributed by atoms with E-state index < -0.39 is 0 Å². The van der Waals surface area contributed by atoms with Crippen molar-refractivity contribution in [1.29, 1.82) is 0 Å². The quantitative estimate of drug-likeness (QED) is 0.763. The molecule has 1 heterocycles. The highest BCUT2D eigenvalue weighted by Crippen LogP contribution is 2.14. The number of benzene rings is 2. The van der Waals surface area contributed by atoms with Gasteiger partial charge in [0.1, 0.15) is 5.75 Å². The number of nitrogens with zero attached hydrogens (tertiary/aromatic N) is 2. The van der Waals surface area contributed by atoms with E-state index >= 15 is 0 Å². The summed E-state index contributed by atoms with van der Waals surface area (Å²) in [7, 11) is 1.69. The average Bonchev–Trinajstić information content (AvgIpc) is 2.71. The number of nitrogens with one attached hydrogen (secondary N) is 1. The Hall–Kier alpha value is -2.37. The van der Waals surface area contributed by atoms with Gasteiger partial charge in [0.2, 0.25) is 5.91 Å². The summed E-state index contributed by atoms with van der Waals surface area (Å²) in [4.78, 5) is 16.9. The van der Waals surface area contributed by atoms with Crippen molar-refractivity contribution in [1.82, 2.24) is 15.1 Å². The molecule has 3 rings (SSSR count). The second-order valence-corrected chi connectivity index (χ2v) is 7.43. The van der Waals surface area contributed by atoms with Gasteiger partial charge in [-0.05, 0) is 42.2 Å². The van der Waals surface area contributed by atoms with Crippen molar-refractivity contribution in [3.8, 4) is 5.75 Å². The number of carbonyl (C=O) groups excluding carboxylic acids is 1. The van der Waals surface area contributed by atoms with Crippen LogP contribution in [0.3, 0.4) is 0 Å². The Kier molecular flexibility index (Phi) is 7.46. The fourth-order valence-electron chi connectivity index (χ4n) is 3.58. The topological polar surface area (TPSA) is 44.8 Å². The summed E-state index contributed by atoms with van der Waals surface area (Å²) >= 11 is 0. The zero-order valence-electron chi connectivity index (χ0n) is 17.0. The lowest BCUT2D eigenvalue weighted by atomic mass is 10.1. The van der Waals surface area contributed by atoms with E-state index in [9.17, 15) is 4.79 Å². The highest BCUT2D eigenvalue weighted by atomic mass is 16.5. The van der Waals surface area contributed by atoms with Gasteiger partial charge >= 0.3 is 0 Å². The molecule has 0 radical (unpaired) electrons. The number of aryl methyl sites for hydroxylation is 1. The maximum absolute atomic E-state index is 12.2. The van der Waals surface area contributed by atoms with Gasteiger partial charge in [-0.1, -0.05) is 36.4 Å². The van der Waals surface area contributed by atoms with Crippen molar-refractivity contribution in [3.05, 3.63) is 65.2 Å². The number of hydrogen-bond acceptors (Lipinski definition) is 4. The van der Waals surface area contributed by atoms with Gasteiger partial charge in [0, 0.05) is 39.3 Å². The maximum Gasteiger partial charge on any atom is 0.234 e. The molecule has 0 spiro atoms. The lowest BCUT2D eigenvalue weighted by molar-refractivity contribution is -0.122. The standard InChI is InChI=1S/C23H31N3O2/c1-19-5-3-4-6-21(19)11-12-24-23(27)18-26-15-13-25(14-16-26)17-20-7-9-22(28-2)10-8-20/h3-10H,11-18H2,1-2H3,(H,24,27). The maximum atomic E-state index is 12.2. The van der Waals surface area contributed by atoms with E-state index in [0.717, 1.165) is 44.9 Å². The van der Waals surface area contributed by atoms with Crippen molar-refractivity contribution in [2.24, 2.45) is 0 Å². The summed E-state index contributed by atoms with van der Waals surface area (Å²) in [5.41, 5.74) is 3.88. The zero-order chi connectivity index (χ0) is 19.8. The largest absolute Gasteiger partial charge is 0.497 e. The van der Waals surface area contributed by atoms with E-state index in [-0.39, 0.29) is 5.91 Å². The van der Waals surface area contributed by atoms with Crippen LogP contribution >= 0.6 is 0 Å². The summed E-state index contributed by atoms with van der Waals surface area (Å²) in [5, 5.41) is 3.06. The Labute approximate surface area is 168 Å². The molecule has 1 amide bonds. The highest BCUT2D eigenvalue weighted by Gasteiger charge is 2.19. The van der Waals surface area contributed by atoms with Crippen LogP contribution < -0.4 is 10.1 Å². The minimum Gasteiger partial charge on any atom is -0.497 e. The molecule has 5 heteroatoms. The van der Waals surface area contributed by atoms with Crippen molar-refractivity contribution in [3.63, 3.8) is 0 Å². The molecule has 0 bridgehead atoms. The van der Waals surface area contributed by atoms with E-state index in [0.29, 0.717) is 13.1 Å². The normalized spacial score (nSPS) is 15.4. The van der Waals surface area contributed by atoms with Gasteiger partial charge in [-0.25, -0.2) is 0 Å². The molecule has 1 saturated heterocycles. The number of methoxy groups -OCH3 is 1. The number of amides is 1. The van der Waals surface area contributed by atoms with Crippen molar-refractivity contribution < 1.29 is 9.53 Å². The van der Waals surface area contributed by atoms with E-state index in [1.807, 2.05) is 18.2 Å². The molecule has 0 atom stereocenters. The SMILES string of the molecule is COc1ccc(CN2CCN(CC(=O)NCCc3ccccc3C)CC2)cc1. The minimum atomic E-state index is 0.122. The second-order valence-electron chi connectivity index (χ2n) is 7.43. The third-order valence-corrected chi connectivity index (χ3v) is 5.38. The van der Waals surface area contributed by atoms with Crippen molar-refractivity contribution >= 4 is 5.91 Å². The molecule has 1 aliphatic rings. The molecule has 0 aromatic heterocycles. The van der Waals surface area contributed by atoms with E-state index in [2.05, 4.69) is 52.4 Å². The monoisotopic (exact) mass is 381 g/mol. The zero-order valence-corrected chi connectivity index (χ0v) is 17.0. The van der Waals surface area contributed by atoms with E-state index in [1.54, 1.807) is 7.11 Å². The van der Waals surface area contributed by atoms with Gasteiger partial charge in [-0.2, -0.15) is 0 Å². The van der Waals surface area contributed by atoms with Crippen LogP contribution in [0.1, 0.15) is 16.7 Å². The van der Waals surface area contributed by atoms with E-state index in [1.165, 1.54) is 16.7 Å². The number of rotatable bonds is 8. The Morgan fingerprint density at radius 1 is 1.00 bits per heavy atom. The molecule has 2 aromatic carbocycles. The summed E-state index contributed by atoms with van der Waals surface area (Å²) in [6.45, 7) is 8.09. The summed E-state index contributed by atoms with van der Waals surface area (Å²) in [6.07, 6.45) is 0.883. The van der Waals surface area contributed by atoms with Crippen LogP contribution in [0, 0.1) is 6.92 Å². The average molecular weight is 382 g/mol. The lowest BCUT2D eigenvalue weighted by Gasteiger charge is -2.34. The fourth-order valence-corrected chi connectivity index (χ4v) is 3.58. The van der Waals surface area contributed by atoms with Gasteiger partial charge in [-0.3, -0.25) is 14.6 Å². The molecule has 1 N–H and O–H groups in total. The van der Waals surface area contributed by atoms with Crippen molar-refractivity contribution in [2.45, 2.75) is 19.9 Å². The Morgan fingerprint density at radius 2 is 1.68 bits per heavy atom. The first-order valence-electron chi connectivity index (χ1n) is 10.0. The highest BCUT2D eigenvalue weighted by molar-refractivity contribution is 5.78. The smallest absolute Gasteiger partial charge is 0.234 e. The summed E-state index contributed by atoms with van der Waals surface area (Å²) in [6, 6.07) is 16.6. The van der Waals surface area contributed by atoms with Crippen molar-refractivity contribution in [2.75, 3.05) is 46.4 Å². The molecule has 0 saturated carbocycles. The van der Waals surface area contributed by atoms with Crippen LogP contribution in [0.25, 0.3) is 0 Å². The first kappa shape index (κ1) is 20.4. The second kappa shape index (κ2) is 10.2. The van der Waals surface area contributed by atoms with Gasteiger partial charge in [0.05, 0.1) is 13.7 Å². The van der Waals surface area contributed by atoms with Gasteiger partial charge < -0.3 is 10.1 Å².